The lowest BCUT2D eigenvalue weighted by Crippen LogP contribution is -2.40. The summed E-state index contributed by atoms with van der Waals surface area (Å²) in [6.07, 6.45) is 1.32. The summed E-state index contributed by atoms with van der Waals surface area (Å²) in [4.78, 5) is 31.7. The van der Waals surface area contributed by atoms with E-state index in [0.717, 1.165) is 16.3 Å². The first-order chi connectivity index (χ1) is 12.1. The van der Waals surface area contributed by atoms with Crippen molar-refractivity contribution in [1.29, 1.82) is 0 Å². The Morgan fingerprint density at radius 1 is 1.24 bits per heavy atom. The van der Waals surface area contributed by atoms with Crippen molar-refractivity contribution in [2.24, 2.45) is 5.92 Å². The molecule has 1 saturated heterocycles. The number of hydrogen-bond acceptors (Lipinski definition) is 5. The molecule has 2 aromatic rings. The number of aromatic nitrogens is 1. The normalized spacial score (nSPS) is 15.2. The van der Waals surface area contributed by atoms with Gasteiger partial charge in [0.1, 0.15) is 9.88 Å². The van der Waals surface area contributed by atoms with Crippen molar-refractivity contribution in [3.8, 4) is 10.6 Å². The first-order valence-electron chi connectivity index (χ1n) is 8.59. The summed E-state index contributed by atoms with van der Waals surface area (Å²) < 4.78 is 5.08. The number of thiazole rings is 1. The molecule has 2 heterocycles. The van der Waals surface area contributed by atoms with Crippen LogP contribution in [0.3, 0.4) is 0 Å². The number of nitrogens with zero attached hydrogens (tertiary/aromatic N) is 2. The summed E-state index contributed by atoms with van der Waals surface area (Å²) in [5, 5.41) is 0.864. The smallest absolute Gasteiger partial charge is 0.309 e. The molecule has 3 rings (SSSR count). The Morgan fingerprint density at radius 3 is 2.56 bits per heavy atom. The summed E-state index contributed by atoms with van der Waals surface area (Å²) >= 11 is 1.44. The van der Waals surface area contributed by atoms with Gasteiger partial charge in [0.15, 0.2) is 0 Å². The molecule has 0 atom stereocenters. The second-order valence-electron chi connectivity index (χ2n) is 6.12. The lowest BCUT2D eigenvalue weighted by molar-refractivity contribution is -0.149. The third-order valence-electron chi connectivity index (χ3n) is 4.41. The molecule has 0 aliphatic carbocycles. The van der Waals surface area contributed by atoms with E-state index < -0.39 is 0 Å². The van der Waals surface area contributed by atoms with Crippen LogP contribution in [0.1, 0.15) is 35.1 Å². The van der Waals surface area contributed by atoms with E-state index in [-0.39, 0.29) is 17.8 Å². The molecule has 0 spiro atoms. The number of rotatable bonds is 4. The number of benzene rings is 1. The zero-order valence-corrected chi connectivity index (χ0v) is 15.3. The molecular formula is C19H22N2O3S. The van der Waals surface area contributed by atoms with Crippen molar-refractivity contribution < 1.29 is 14.3 Å². The monoisotopic (exact) mass is 358 g/mol. The van der Waals surface area contributed by atoms with Crippen molar-refractivity contribution in [2.45, 2.75) is 26.7 Å². The average Bonchev–Trinajstić information content (AvgIpc) is 3.04. The van der Waals surface area contributed by atoms with E-state index in [2.05, 4.69) is 4.98 Å². The number of esters is 1. The largest absolute Gasteiger partial charge is 0.466 e. The van der Waals surface area contributed by atoms with Crippen LogP contribution < -0.4 is 0 Å². The van der Waals surface area contributed by atoms with Crippen LogP contribution in [-0.4, -0.2) is 41.5 Å². The number of carbonyl (C=O) groups excluding carboxylic acids is 2. The van der Waals surface area contributed by atoms with Crippen LogP contribution >= 0.6 is 11.3 Å². The third-order valence-corrected chi connectivity index (χ3v) is 5.61. The topological polar surface area (TPSA) is 59.5 Å². The van der Waals surface area contributed by atoms with E-state index in [1.165, 1.54) is 11.3 Å². The molecule has 1 aliphatic heterocycles. The van der Waals surface area contributed by atoms with Crippen LogP contribution in [0, 0.1) is 12.8 Å². The van der Waals surface area contributed by atoms with Crippen molar-refractivity contribution in [3.63, 3.8) is 0 Å². The Morgan fingerprint density at radius 2 is 1.92 bits per heavy atom. The zero-order chi connectivity index (χ0) is 17.8. The molecule has 0 N–H and O–H groups in total. The highest BCUT2D eigenvalue weighted by Crippen LogP contribution is 2.30. The van der Waals surface area contributed by atoms with Gasteiger partial charge in [0, 0.05) is 18.7 Å². The van der Waals surface area contributed by atoms with Crippen LogP contribution in [0.15, 0.2) is 30.3 Å². The van der Waals surface area contributed by atoms with E-state index in [0.29, 0.717) is 37.4 Å². The predicted octanol–water partition coefficient (Wildman–Crippen LogP) is 3.53. The minimum Gasteiger partial charge on any atom is -0.466 e. The Balaban J connectivity index is 1.68. The number of carbonyl (C=O) groups is 2. The molecule has 1 aliphatic rings. The van der Waals surface area contributed by atoms with Crippen molar-refractivity contribution in [2.75, 3.05) is 19.7 Å². The highest BCUT2D eigenvalue weighted by molar-refractivity contribution is 7.17. The van der Waals surface area contributed by atoms with Crippen molar-refractivity contribution in [3.05, 3.63) is 40.9 Å². The fraction of sp³-hybridized carbons (Fsp3) is 0.421. The van der Waals surface area contributed by atoms with Gasteiger partial charge in [0.05, 0.1) is 18.2 Å². The first kappa shape index (κ1) is 17.6. The molecule has 6 heteroatoms. The molecule has 0 saturated carbocycles. The lowest BCUT2D eigenvalue weighted by Gasteiger charge is -2.30. The van der Waals surface area contributed by atoms with Gasteiger partial charge in [-0.25, -0.2) is 4.98 Å². The van der Waals surface area contributed by atoms with Gasteiger partial charge in [-0.3, -0.25) is 9.59 Å². The molecule has 0 radical (unpaired) electrons. The van der Waals surface area contributed by atoms with Gasteiger partial charge in [0.2, 0.25) is 0 Å². The Labute approximate surface area is 151 Å². The summed E-state index contributed by atoms with van der Waals surface area (Å²) in [6.45, 7) is 5.26. The summed E-state index contributed by atoms with van der Waals surface area (Å²) in [6, 6.07) is 9.89. The summed E-state index contributed by atoms with van der Waals surface area (Å²) in [5.41, 5.74) is 1.79. The van der Waals surface area contributed by atoms with Gasteiger partial charge in [-0.05, 0) is 26.7 Å². The summed E-state index contributed by atoms with van der Waals surface area (Å²) in [7, 11) is 0. The molecule has 25 heavy (non-hydrogen) atoms. The second-order valence-corrected chi connectivity index (χ2v) is 7.12. The predicted molar refractivity (Wildman–Crippen MR) is 97.5 cm³/mol. The molecule has 0 bridgehead atoms. The van der Waals surface area contributed by atoms with Gasteiger partial charge in [-0.15, -0.1) is 11.3 Å². The van der Waals surface area contributed by atoms with Crippen molar-refractivity contribution in [1.82, 2.24) is 9.88 Å². The number of amides is 1. The molecule has 1 aromatic heterocycles. The van der Waals surface area contributed by atoms with Gasteiger partial charge in [-0.1, -0.05) is 30.3 Å². The molecule has 1 amide bonds. The quantitative estimate of drug-likeness (QED) is 0.785. The van der Waals surface area contributed by atoms with E-state index in [9.17, 15) is 9.59 Å². The van der Waals surface area contributed by atoms with Crippen LogP contribution in [0.2, 0.25) is 0 Å². The number of likely N-dealkylation sites (tertiary alicyclic amines) is 1. The molecule has 0 unspecified atom stereocenters. The lowest BCUT2D eigenvalue weighted by atomic mass is 9.97. The van der Waals surface area contributed by atoms with Gasteiger partial charge < -0.3 is 9.64 Å². The number of hydrogen-bond donors (Lipinski definition) is 0. The van der Waals surface area contributed by atoms with Gasteiger partial charge >= 0.3 is 5.97 Å². The molecular weight excluding hydrogens is 336 g/mol. The second kappa shape index (κ2) is 7.78. The fourth-order valence-electron chi connectivity index (χ4n) is 3.02. The molecule has 5 nitrogen and oxygen atoms in total. The fourth-order valence-corrected chi connectivity index (χ4v) is 4.06. The minimum absolute atomic E-state index is 0.0134. The van der Waals surface area contributed by atoms with Crippen molar-refractivity contribution >= 4 is 23.2 Å². The van der Waals surface area contributed by atoms with E-state index in [1.807, 2.05) is 49.1 Å². The molecule has 1 aromatic carbocycles. The summed E-state index contributed by atoms with van der Waals surface area (Å²) in [5.74, 6) is -0.221. The molecule has 132 valence electrons. The van der Waals surface area contributed by atoms with Crippen LogP contribution in [0.4, 0.5) is 0 Å². The Kier molecular flexibility index (Phi) is 5.48. The maximum absolute atomic E-state index is 12.8. The number of aryl methyl sites for hydroxylation is 1. The van der Waals surface area contributed by atoms with Crippen LogP contribution in [0.5, 0.6) is 0 Å². The van der Waals surface area contributed by atoms with Crippen LogP contribution in [-0.2, 0) is 9.53 Å². The highest BCUT2D eigenvalue weighted by atomic mass is 32.1. The Bertz CT molecular complexity index is 749. The van der Waals surface area contributed by atoms with E-state index >= 15 is 0 Å². The molecule has 1 fully saturated rings. The standard InChI is InChI=1S/C19H22N2O3S/c1-3-24-19(23)15-9-11-21(12-10-15)18(22)16-13(2)20-17(25-16)14-7-5-4-6-8-14/h4-8,15H,3,9-12H2,1-2H3. The van der Waals surface area contributed by atoms with Gasteiger partial charge in [0.25, 0.3) is 5.91 Å². The average molecular weight is 358 g/mol. The zero-order valence-electron chi connectivity index (χ0n) is 14.5. The van der Waals surface area contributed by atoms with E-state index in [1.54, 1.807) is 0 Å². The third kappa shape index (κ3) is 3.90. The van der Waals surface area contributed by atoms with E-state index in [4.69, 9.17) is 4.74 Å². The first-order valence-corrected chi connectivity index (χ1v) is 9.40. The highest BCUT2D eigenvalue weighted by Gasteiger charge is 2.30. The SMILES string of the molecule is CCOC(=O)C1CCN(C(=O)c2sc(-c3ccccc3)nc2C)CC1. The maximum Gasteiger partial charge on any atom is 0.309 e. The number of ether oxygens (including phenoxy) is 1. The Hall–Kier alpha value is -2.21. The minimum atomic E-state index is -0.144. The van der Waals surface area contributed by atoms with Gasteiger partial charge in [-0.2, -0.15) is 0 Å². The maximum atomic E-state index is 12.8. The number of piperidine rings is 1. The van der Waals surface area contributed by atoms with Crippen LogP contribution in [0.25, 0.3) is 10.6 Å².